The van der Waals surface area contributed by atoms with E-state index < -0.39 is 8.32 Å². The molecule has 0 amide bonds. The minimum absolute atomic E-state index is 0.169. The first-order valence-electron chi connectivity index (χ1n) is 14.0. The number of para-hydroxylation sites is 1. The van der Waals surface area contributed by atoms with Crippen LogP contribution in [-0.4, -0.2) is 48.5 Å². The van der Waals surface area contributed by atoms with Gasteiger partial charge >= 0.3 is 5.97 Å². The number of hydrogen-bond donors (Lipinski definition) is 0. The van der Waals surface area contributed by atoms with Crippen LogP contribution in [0.5, 0.6) is 0 Å². The summed E-state index contributed by atoms with van der Waals surface area (Å²) in [5.41, 5.74) is 7.07. The van der Waals surface area contributed by atoms with E-state index in [0.717, 1.165) is 71.2 Å². The lowest BCUT2D eigenvalue weighted by atomic mass is 9.98. The van der Waals surface area contributed by atoms with Crippen LogP contribution in [0.15, 0.2) is 18.2 Å². The van der Waals surface area contributed by atoms with Crippen molar-refractivity contribution in [1.82, 2.24) is 14.3 Å². The fraction of sp³-hybridized carbons (Fsp3) is 0.600. The fourth-order valence-corrected chi connectivity index (χ4v) is 6.34. The van der Waals surface area contributed by atoms with Gasteiger partial charge in [0.2, 0.25) is 0 Å². The third-order valence-corrected chi connectivity index (χ3v) is 12.8. The maximum atomic E-state index is 13.5. The highest BCUT2D eigenvalue weighted by atomic mass is 28.4. The van der Waals surface area contributed by atoms with Crippen molar-refractivity contribution in [2.75, 3.05) is 19.8 Å². The fourth-order valence-electron chi connectivity index (χ4n) is 5.25. The first-order valence-corrected chi connectivity index (χ1v) is 16.9. The summed E-state index contributed by atoms with van der Waals surface area (Å²) < 4.78 is 22.3. The van der Waals surface area contributed by atoms with E-state index in [2.05, 4.69) is 63.6 Å². The molecular weight excluding hydrogens is 494 g/mol. The van der Waals surface area contributed by atoms with Gasteiger partial charge < -0.3 is 18.5 Å². The lowest BCUT2D eigenvalue weighted by molar-refractivity contribution is 0.0512. The Morgan fingerprint density at radius 1 is 1.21 bits per heavy atom. The van der Waals surface area contributed by atoms with Crippen molar-refractivity contribution in [3.05, 3.63) is 40.8 Å². The van der Waals surface area contributed by atoms with Crippen molar-refractivity contribution in [2.24, 2.45) is 7.05 Å². The minimum atomic E-state index is -1.84. The third kappa shape index (κ3) is 5.49. The van der Waals surface area contributed by atoms with Crippen molar-refractivity contribution in [3.63, 3.8) is 0 Å². The van der Waals surface area contributed by atoms with Gasteiger partial charge in [-0.15, -0.1) is 0 Å². The largest absolute Gasteiger partial charge is 0.461 e. The quantitative estimate of drug-likeness (QED) is 0.188. The molecule has 4 rings (SSSR count). The number of carbonyl (C=O) groups is 1. The third-order valence-electron chi connectivity index (χ3n) is 8.27. The highest BCUT2D eigenvalue weighted by Gasteiger charge is 2.37. The molecule has 208 valence electrons. The average Bonchev–Trinajstić information content (AvgIpc) is 3.29. The van der Waals surface area contributed by atoms with Gasteiger partial charge in [-0.3, -0.25) is 4.68 Å². The molecule has 0 atom stereocenters. The summed E-state index contributed by atoms with van der Waals surface area (Å²) in [4.78, 5) is 13.5. The Hall–Kier alpha value is -2.42. The molecule has 0 saturated heterocycles. The Kier molecular flexibility index (Phi) is 8.55. The molecule has 1 aliphatic heterocycles. The number of carbonyl (C=O) groups excluding carboxylic acids is 1. The summed E-state index contributed by atoms with van der Waals surface area (Å²) in [5.74, 6) is -0.246. The first kappa shape index (κ1) is 28.6. The van der Waals surface area contributed by atoms with Gasteiger partial charge in [0.1, 0.15) is 5.69 Å². The summed E-state index contributed by atoms with van der Waals surface area (Å²) in [6.45, 7) is 18.3. The summed E-state index contributed by atoms with van der Waals surface area (Å²) in [5, 5.41) is 6.03. The second kappa shape index (κ2) is 11.4. The maximum Gasteiger partial charge on any atom is 0.355 e. The van der Waals surface area contributed by atoms with Gasteiger partial charge in [-0.2, -0.15) is 5.10 Å². The minimum Gasteiger partial charge on any atom is -0.461 e. The van der Waals surface area contributed by atoms with Gasteiger partial charge in [0.05, 0.1) is 30.1 Å². The molecule has 3 aromatic rings. The number of hydrogen-bond acceptors (Lipinski definition) is 5. The molecule has 7 nitrogen and oxygen atoms in total. The van der Waals surface area contributed by atoms with Crippen LogP contribution in [0.3, 0.4) is 0 Å². The molecular formula is C30H45N3O4Si. The van der Waals surface area contributed by atoms with Crippen LogP contribution in [-0.2, 0) is 40.5 Å². The topological polar surface area (TPSA) is 67.5 Å². The molecule has 0 N–H and O–H groups in total. The molecule has 1 aromatic carbocycles. The summed E-state index contributed by atoms with van der Waals surface area (Å²) in [7, 11) is 0.142. The lowest BCUT2D eigenvalue weighted by Crippen LogP contribution is -2.41. The first-order chi connectivity index (χ1) is 18.0. The Balaban J connectivity index is 1.85. The van der Waals surface area contributed by atoms with Crippen LogP contribution in [0.1, 0.15) is 74.4 Å². The molecule has 38 heavy (non-hydrogen) atoms. The van der Waals surface area contributed by atoms with Crippen LogP contribution in [0, 0.1) is 6.92 Å². The molecule has 0 aliphatic carbocycles. The molecule has 2 aromatic heterocycles. The highest BCUT2D eigenvalue weighted by Crippen LogP contribution is 2.40. The van der Waals surface area contributed by atoms with E-state index in [0.29, 0.717) is 32.1 Å². The van der Waals surface area contributed by atoms with E-state index >= 15 is 0 Å². The summed E-state index contributed by atoms with van der Waals surface area (Å²) in [6.07, 6.45) is 3.46. The normalized spacial score (nSPS) is 14.8. The van der Waals surface area contributed by atoms with Gasteiger partial charge in [0.25, 0.3) is 0 Å². The predicted molar refractivity (Wildman–Crippen MR) is 155 cm³/mol. The van der Waals surface area contributed by atoms with Crippen LogP contribution in [0.4, 0.5) is 0 Å². The Labute approximate surface area is 228 Å². The van der Waals surface area contributed by atoms with E-state index in [1.165, 1.54) is 0 Å². The Morgan fingerprint density at radius 3 is 2.68 bits per heavy atom. The molecule has 0 bridgehead atoms. The van der Waals surface area contributed by atoms with Crippen molar-refractivity contribution < 1.29 is 18.7 Å². The lowest BCUT2D eigenvalue weighted by Gasteiger charge is -2.36. The van der Waals surface area contributed by atoms with Gasteiger partial charge in [0.15, 0.2) is 8.32 Å². The van der Waals surface area contributed by atoms with Gasteiger partial charge in [-0.05, 0) is 63.2 Å². The molecule has 0 radical (unpaired) electrons. The second-order valence-electron chi connectivity index (χ2n) is 11.9. The molecule has 0 fully saturated rings. The smallest absolute Gasteiger partial charge is 0.355 e. The highest BCUT2D eigenvalue weighted by molar-refractivity contribution is 6.74. The average molecular weight is 540 g/mol. The number of aryl methyl sites for hydroxylation is 4. The van der Waals surface area contributed by atoms with Gasteiger partial charge in [-0.1, -0.05) is 39.0 Å². The Morgan fingerprint density at radius 2 is 1.97 bits per heavy atom. The molecule has 3 heterocycles. The van der Waals surface area contributed by atoms with Crippen LogP contribution in [0.2, 0.25) is 18.1 Å². The standard InChI is InChI=1S/C30H45N3O4Si/c1-9-36-29(34)28-23(16-13-19-37-38(7,8)30(3,4)5)22-14-12-15-24-26-21(2)31-32(6)25(26)20-35-18-11-10-17-33(28)27(22)24/h12,14-15H,9-11,13,16-20H2,1-8H3. The number of benzene rings is 1. The maximum absolute atomic E-state index is 13.5. The number of rotatable bonds is 7. The number of nitrogens with zero attached hydrogens (tertiary/aromatic N) is 3. The number of fused-ring (bicyclic) bond motifs is 2. The number of aromatic nitrogens is 3. The van der Waals surface area contributed by atoms with Gasteiger partial charge in [-0.25, -0.2) is 4.79 Å². The second-order valence-corrected chi connectivity index (χ2v) is 16.7. The molecule has 8 heteroatoms. The van der Waals surface area contributed by atoms with Crippen LogP contribution < -0.4 is 0 Å². The van der Waals surface area contributed by atoms with Crippen LogP contribution in [0.25, 0.3) is 22.0 Å². The number of esters is 1. The van der Waals surface area contributed by atoms with Crippen molar-refractivity contribution >= 4 is 25.2 Å². The van der Waals surface area contributed by atoms with E-state index in [-0.39, 0.29) is 11.0 Å². The zero-order valence-electron chi connectivity index (χ0n) is 24.6. The molecule has 0 unspecified atom stereocenters. The van der Waals surface area contributed by atoms with E-state index in [9.17, 15) is 4.79 Å². The zero-order valence-corrected chi connectivity index (χ0v) is 25.6. The van der Waals surface area contributed by atoms with E-state index in [4.69, 9.17) is 19.0 Å². The van der Waals surface area contributed by atoms with Crippen molar-refractivity contribution in [1.29, 1.82) is 0 Å². The summed E-state index contributed by atoms with van der Waals surface area (Å²) in [6, 6.07) is 6.41. The predicted octanol–water partition coefficient (Wildman–Crippen LogP) is 6.79. The number of ether oxygens (including phenoxy) is 2. The molecule has 0 spiro atoms. The zero-order chi connectivity index (χ0) is 27.7. The van der Waals surface area contributed by atoms with E-state index in [1.54, 1.807) is 0 Å². The van der Waals surface area contributed by atoms with E-state index in [1.807, 2.05) is 18.7 Å². The van der Waals surface area contributed by atoms with Gasteiger partial charge in [0, 0.05) is 43.3 Å². The van der Waals surface area contributed by atoms with Crippen molar-refractivity contribution in [2.45, 2.75) is 91.6 Å². The SMILES string of the molecule is CCOC(=O)c1c(CCCO[Si](C)(C)C(C)(C)C)c2cccc3c2n1CCCCOCc1c-3c(C)nn1C. The molecule has 0 saturated carbocycles. The summed E-state index contributed by atoms with van der Waals surface area (Å²) >= 11 is 0. The van der Waals surface area contributed by atoms with Crippen molar-refractivity contribution in [3.8, 4) is 11.1 Å². The monoisotopic (exact) mass is 539 g/mol. The van der Waals surface area contributed by atoms with Crippen LogP contribution >= 0.6 is 0 Å². The Bertz CT molecular complexity index is 1300. The molecule has 1 aliphatic rings.